The molecule has 0 aliphatic carbocycles. The normalized spacial score (nSPS) is 11.5. The lowest BCUT2D eigenvalue weighted by Gasteiger charge is -2.25. The molecule has 0 aromatic heterocycles. The molecule has 0 atom stereocenters. The van der Waals surface area contributed by atoms with E-state index < -0.39 is 26.7 Å². The molecule has 0 aliphatic rings. The fraction of sp³-hybridized carbons (Fsp3) is 0.900. The van der Waals surface area contributed by atoms with Crippen LogP contribution in [0.4, 0.5) is 0 Å². The van der Waals surface area contributed by atoms with E-state index in [2.05, 4.69) is 27.4 Å². The number of carbonyl (C=O) groups excluding carboxylic acids is 3. The predicted molar refractivity (Wildman–Crippen MR) is 245 cm³/mol. The first-order valence-electron chi connectivity index (χ1n) is 25.2. The monoisotopic (exact) mass is 821 g/mol. The molecule has 0 rings (SSSR count). The molecule has 0 N–H and O–H groups in total. The van der Waals surface area contributed by atoms with Crippen molar-refractivity contribution in [2.24, 2.45) is 0 Å². The molecule has 0 saturated heterocycles. The third-order valence-electron chi connectivity index (χ3n) is 11.5. The number of rotatable bonds is 46. The van der Waals surface area contributed by atoms with Crippen LogP contribution in [0.2, 0.25) is 0 Å². The largest absolute Gasteiger partial charge is 0.734 e. The Balaban J connectivity index is 4.61. The Morgan fingerprint density at radius 3 is 0.632 bits per heavy atom. The summed E-state index contributed by atoms with van der Waals surface area (Å²) in [5.41, 5.74) is 1.29. The summed E-state index contributed by atoms with van der Waals surface area (Å²) in [6, 6.07) is 0. The maximum atomic E-state index is 13.0. The van der Waals surface area contributed by atoms with Gasteiger partial charge in [-0.05, 0) is 19.3 Å². The zero-order valence-electron chi connectivity index (χ0n) is 38.4. The minimum Gasteiger partial charge on any atom is -0.452 e. The lowest BCUT2D eigenvalue weighted by atomic mass is 10.0. The van der Waals surface area contributed by atoms with Gasteiger partial charge in [-0.1, -0.05) is 258 Å². The van der Waals surface area contributed by atoms with Crippen molar-refractivity contribution in [1.29, 1.82) is 0 Å². The minimum absolute atomic E-state index is 0.215. The molecule has 0 unspecified atom stereocenters. The van der Waals surface area contributed by atoms with Gasteiger partial charge in [0.15, 0.2) is 0 Å². The summed E-state index contributed by atoms with van der Waals surface area (Å²) in [7, 11) is -4.06. The van der Waals surface area contributed by atoms with Gasteiger partial charge >= 0.3 is 8.80 Å². The fourth-order valence-electron chi connectivity index (χ4n) is 7.68. The lowest BCUT2D eigenvalue weighted by molar-refractivity contribution is -0.149. The summed E-state index contributed by atoms with van der Waals surface area (Å²) in [6.45, 7) is 10.6. The van der Waals surface area contributed by atoms with Crippen molar-refractivity contribution in [3.8, 4) is 0 Å². The summed E-state index contributed by atoms with van der Waals surface area (Å²) in [5, 5.41) is 0. The molecule has 0 radical (unpaired) electrons. The molecule has 57 heavy (non-hydrogen) atoms. The highest BCUT2D eigenvalue weighted by molar-refractivity contribution is 6.70. The van der Waals surface area contributed by atoms with E-state index in [-0.39, 0.29) is 19.3 Å². The second kappa shape index (κ2) is 43.9. The molecule has 7 heteroatoms. The molecule has 0 amide bonds. The van der Waals surface area contributed by atoms with Gasteiger partial charge in [-0.3, -0.25) is 14.4 Å². The maximum Gasteiger partial charge on any atom is 0.734 e. The van der Waals surface area contributed by atoms with E-state index in [1.807, 2.05) is 0 Å². The molecule has 336 valence electrons. The second-order valence-corrected chi connectivity index (χ2v) is 19.4. The van der Waals surface area contributed by atoms with Crippen LogP contribution in [-0.4, -0.2) is 26.7 Å². The van der Waals surface area contributed by atoms with Gasteiger partial charge in [0.05, 0.1) is 0 Å². The number of carbonyl (C=O) groups is 3. The average Bonchev–Trinajstić information content (AvgIpc) is 3.20. The Kier molecular flexibility index (Phi) is 42.7. The number of hydrogen-bond acceptors (Lipinski definition) is 6. The van der Waals surface area contributed by atoms with E-state index in [1.54, 1.807) is 0 Å². The van der Waals surface area contributed by atoms with Crippen LogP contribution in [-0.2, 0) is 27.7 Å². The highest BCUT2D eigenvalue weighted by atomic mass is 28.4. The molecule has 0 bridgehead atoms. The summed E-state index contributed by atoms with van der Waals surface area (Å²) in [5.74, 6) is -1.44. The summed E-state index contributed by atoms with van der Waals surface area (Å²) >= 11 is 0. The Morgan fingerprint density at radius 2 is 0.474 bits per heavy atom. The first-order valence-corrected chi connectivity index (χ1v) is 27.0. The van der Waals surface area contributed by atoms with E-state index in [0.29, 0.717) is 19.3 Å². The van der Waals surface area contributed by atoms with Gasteiger partial charge in [-0.25, -0.2) is 0 Å². The Hall–Kier alpha value is -1.63. The van der Waals surface area contributed by atoms with Crippen molar-refractivity contribution < 1.29 is 27.7 Å². The van der Waals surface area contributed by atoms with Gasteiger partial charge in [-0.15, -0.1) is 0 Å². The van der Waals surface area contributed by atoms with Gasteiger partial charge in [0, 0.05) is 25.0 Å². The van der Waals surface area contributed by atoms with Crippen LogP contribution in [0.3, 0.4) is 0 Å². The molecule has 0 fully saturated rings. The van der Waals surface area contributed by atoms with Crippen molar-refractivity contribution >= 4 is 26.7 Å². The first kappa shape index (κ1) is 55.4. The molecular weight excluding hydrogens is 725 g/mol. The van der Waals surface area contributed by atoms with Gasteiger partial charge < -0.3 is 13.3 Å². The Labute approximate surface area is 356 Å². The topological polar surface area (TPSA) is 78.9 Å². The molecule has 0 spiro atoms. The third-order valence-corrected chi connectivity index (χ3v) is 13.5. The minimum atomic E-state index is -4.06. The van der Waals surface area contributed by atoms with Gasteiger partial charge in [0.25, 0.3) is 17.9 Å². The van der Waals surface area contributed by atoms with E-state index in [4.69, 9.17) is 13.3 Å². The molecule has 0 aromatic carbocycles. The average molecular weight is 821 g/mol. The Bertz CT molecular complexity index is 800. The second-order valence-electron chi connectivity index (χ2n) is 17.2. The highest BCUT2D eigenvalue weighted by Gasteiger charge is 2.50. The van der Waals surface area contributed by atoms with Gasteiger partial charge in [0.2, 0.25) is 0 Å². The third kappa shape index (κ3) is 39.6. The predicted octanol–water partition coefficient (Wildman–Crippen LogP) is 16.7. The maximum absolute atomic E-state index is 13.0. The molecule has 0 aliphatic heterocycles. The van der Waals surface area contributed by atoms with Crippen LogP contribution in [0.1, 0.15) is 290 Å². The molecule has 6 nitrogen and oxygen atoms in total. The van der Waals surface area contributed by atoms with Crippen molar-refractivity contribution in [1.82, 2.24) is 0 Å². The zero-order chi connectivity index (χ0) is 41.8. The number of unbranched alkanes of at least 4 members (excludes halogenated alkanes) is 36. The summed E-state index contributed by atoms with van der Waals surface area (Å²) in [4.78, 5) is 39.1. The van der Waals surface area contributed by atoms with Gasteiger partial charge in [0.1, 0.15) is 0 Å². The smallest absolute Gasteiger partial charge is 0.452 e. The van der Waals surface area contributed by atoms with Crippen molar-refractivity contribution in [2.45, 2.75) is 290 Å². The van der Waals surface area contributed by atoms with Crippen LogP contribution in [0, 0.1) is 0 Å². The first-order chi connectivity index (χ1) is 27.9. The van der Waals surface area contributed by atoms with Crippen molar-refractivity contribution in [3.05, 3.63) is 12.3 Å². The van der Waals surface area contributed by atoms with E-state index in [1.165, 1.54) is 198 Å². The van der Waals surface area contributed by atoms with Crippen LogP contribution in [0.25, 0.3) is 0 Å². The Morgan fingerprint density at radius 1 is 0.316 bits per heavy atom. The molecular formula is C50H96O6Si. The van der Waals surface area contributed by atoms with Crippen LogP contribution in [0.5, 0.6) is 0 Å². The van der Waals surface area contributed by atoms with Crippen LogP contribution >= 0.6 is 0 Å². The standard InChI is InChI=1S/C50H96O6Si/c1-5-9-12-15-18-21-24-27-30-33-36-39-42-45-48(51)54-57(8-4,55-49(52)46-43-40-37-34-31-28-25-22-19-16-13-10-6-2)56-50(53)47-44-41-38-35-32-29-26-23-20-17-14-11-7-3/h8H,4-7,9-47H2,1-3H3. The number of hydrogen-bond donors (Lipinski definition) is 0. The van der Waals surface area contributed by atoms with E-state index in [9.17, 15) is 14.4 Å². The van der Waals surface area contributed by atoms with E-state index >= 15 is 0 Å². The molecule has 0 saturated carbocycles. The summed E-state index contributed by atoms with van der Waals surface area (Å²) < 4.78 is 17.3. The quantitative estimate of drug-likeness (QED) is 0.0449. The molecule has 0 heterocycles. The zero-order valence-corrected chi connectivity index (χ0v) is 39.4. The van der Waals surface area contributed by atoms with Gasteiger partial charge in [-0.2, -0.15) is 0 Å². The lowest BCUT2D eigenvalue weighted by Crippen LogP contribution is -2.49. The van der Waals surface area contributed by atoms with E-state index in [0.717, 1.165) is 38.5 Å². The van der Waals surface area contributed by atoms with Crippen LogP contribution < -0.4 is 0 Å². The van der Waals surface area contributed by atoms with Crippen molar-refractivity contribution in [2.75, 3.05) is 0 Å². The summed E-state index contributed by atoms with van der Waals surface area (Å²) in [6.07, 6.45) is 48.4. The highest BCUT2D eigenvalue weighted by Crippen LogP contribution is 2.20. The SMILES string of the molecule is C=C[Si](OC(=O)CCCCCCCCCCCCCCC)(OC(=O)CCCCCCCCCCCCCCC)OC(=O)CCCCCCCCCCCCCCC. The fourth-order valence-corrected chi connectivity index (χ4v) is 9.31. The van der Waals surface area contributed by atoms with Crippen molar-refractivity contribution in [3.63, 3.8) is 0 Å². The molecule has 0 aromatic rings. The van der Waals surface area contributed by atoms with Crippen LogP contribution in [0.15, 0.2) is 12.3 Å².